The summed E-state index contributed by atoms with van der Waals surface area (Å²) in [6.45, 7) is 4.51. The molecule has 1 fully saturated rings. The first-order valence-corrected chi connectivity index (χ1v) is 9.13. The van der Waals surface area contributed by atoms with Crippen molar-refractivity contribution in [1.29, 1.82) is 0 Å². The molecular formula is C21H24N4O2. The van der Waals surface area contributed by atoms with Gasteiger partial charge in [0, 0.05) is 12.1 Å². The molecule has 1 aliphatic heterocycles. The molecule has 1 aliphatic rings. The van der Waals surface area contributed by atoms with Crippen molar-refractivity contribution >= 4 is 6.01 Å². The van der Waals surface area contributed by atoms with Gasteiger partial charge in [-0.15, -0.1) is 5.10 Å². The molecule has 0 aliphatic carbocycles. The number of ether oxygens (including phenoxy) is 1. The molecule has 2 heterocycles. The molecule has 0 atom stereocenters. The minimum atomic E-state index is 0.135. The highest BCUT2D eigenvalue weighted by Crippen LogP contribution is 2.28. The summed E-state index contributed by atoms with van der Waals surface area (Å²) >= 11 is 0. The van der Waals surface area contributed by atoms with Crippen molar-refractivity contribution in [3.05, 3.63) is 59.7 Å². The Morgan fingerprint density at radius 2 is 1.89 bits per heavy atom. The van der Waals surface area contributed by atoms with Crippen molar-refractivity contribution < 1.29 is 9.15 Å². The molecule has 0 unspecified atom stereocenters. The number of hydrogen-bond donors (Lipinski definition) is 0. The number of nitrogens with zero attached hydrogens (tertiary/aromatic N) is 4. The lowest BCUT2D eigenvalue weighted by atomic mass is 10.1. The standard InChI is InChI=1S/C21H24N4O2/c1-15-11-16(12-24(2)3)9-10-19(15)26-18-13-25(14-18)21-23-22-20(27-21)17-7-5-4-6-8-17/h4-11,18H,12-14H2,1-3H3. The van der Waals surface area contributed by atoms with Crippen molar-refractivity contribution in [3.63, 3.8) is 0 Å². The van der Waals surface area contributed by atoms with E-state index in [1.54, 1.807) is 0 Å². The molecule has 2 aromatic carbocycles. The van der Waals surface area contributed by atoms with Crippen LogP contribution in [0.4, 0.5) is 6.01 Å². The van der Waals surface area contributed by atoms with Crippen molar-refractivity contribution in [3.8, 4) is 17.2 Å². The number of benzene rings is 2. The Kier molecular flexibility index (Phi) is 4.81. The molecule has 0 saturated carbocycles. The monoisotopic (exact) mass is 364 g/mol. The zero-order valence-electron chi connectivity index (χ0n) is 15.9. The van der Waals surface area contributed by atoms with Crippen LogP contribution in [0.2, 0.25) is 0 Å². The molecule has 0 radical (unpaired) electrons. The van der Waals surface area contributed by atoms with Crippen LogP contribution in [0.15, 0.2) is 52.9 Å². The van der Waals surface area contributed by atoms with Gasteiger partial charge in [0.05, 0.1) is 13.1 Å². The van der Waals surface area contributed by atoms with E-state index in [1.165, 1.54) is 5.56 Å². The predicted molar refractivity (Wildman–Crippen MR) is 105 cm³/mol. The molecule has 4 rings (SSSR count). The zero-order chi connectivity index (χ0) is 18.8. The van der Waals surface area contributed by atoms with E-state index in [2.05, 4.69) is 54.3 Å². The van der Waals surface area contributed by atoms with Gasteiger partial charge in [-0.25, -0.2) is 0 Å². The highest BCUT2D eigenvalue weighted by atomic mass is 16.5. The summed E-state index contributed by atoms with van der Waals surface area (Å²) in [6.07, 6.45) is 0.135. The third-order valence-corrected chi connectivity index (χ3v) is 4.59. The molecule has 0 spiro atoms. The summed E-state index contributed by atoms with van der Waals surface area (Å²) in [5, 5.41) is 8.30. The van der Waals surface area contributed by atoms with Crippen LogP contribution in [-0.2, 0) is 6.54 Å². The Balaban J connectivity index is 1.34. The first-order chi connectivity index (χ1) is 13.1. The smallest absolute Gasteiger partial charge is 0.318 e. The summed E-state index contributed by atoms with van der Waals surface area (Å²) in [7, 11) is 4.15. The normalized spacial score (nSPS) is 14.4. The van der Waals surface area contributed by atoms with E-state index in [1.807, 2.05) is 35.2 Å². The van der Waals surface area contributed by atoms with E-state index in [4.69, 9.17) is 9.15 Å². The molecule has 6 nitrogen and oxygen atoms in total. The molecule has 6 heteroatoms. The summed E-state index contributed by atoms with van der Waals surface area (Å²) in [5.41, 5.74) is 3.38. The van der Waals surface area contributed by atoms with Crippen molar-refractivity contribution in [2.45, 2.75) is 19.6 Å². The van der Waals surface area contributed by atoms with Crippen LogP contribution in [0, 0.1) is 6.92 Å². The number of aromatic nitrogens is 2. The van der Waals surface area contributed by atoms with Gasteiger partial charge in [0.25, 0.3) is 0 Å². The average molecular weight is 364 g/mol. The van der Waals surface area contributed by atoms with E-state index in [-0.39, 0.29) is 6.10 Å². The lowest BCUT2D eigenvalue weighted by Gasteiger charge is -2.37. The highest BCUT2D eigenvalue weighted by molar-refractivity contribution is 5.53. The zero-order valence-corrected chi connectivity index (χ0v) is 15.9. The Labute approximate surface area is 159 Å². The fourth-order valence-electron chi connectivity index (χ4n) is 3.20. The second kappa shape index (κ2) is 7.40. The Bertz CT molecular complexity index is 902. The van der Waals surface area contributed by atoms with Crippen molar-refractivity contribution in [2.24, 2.45) is 0 Å². The summed E-state index contributed by atoms with van der Waals surface area (Å²) in [4.78, 5) is 4.20. The van der Waals surface area contributed by atoms with Crippen molar-refractivity contribution in [2.75, 3.05) is 32.1 Å². The van der Waals surface area contributed by atoms with Gasteiger partial charge < -0.3 is 19.0 Å². The minimum absolute atomic E-state index is 0.135. The van der Waals surface area contributed by atoms with Crippen LogP contribution in [0.5, 0.6) is 5.75 Å². The summed E-state index contributed by atoms with van der Waals surface area (Å²) in [6, 6.07) is 16.7. The third-order valence-electron chi connectivity index (χ3n) is 4.59. The second-order valence-electron chi connectivity index (χ2n) is 7.24. The predicted octanol–water partition coefficient (Wildman–Crippen LogP) is 3.37. The maximum absolute atomic E-state index is 6.14. The van der Waals surface area contributed by atoms with E-state index < -0.39 is 0 Å². The molecule has 0 bridgehead atoms. The molecule has 1 aromatic heterocycles. The fraction of sp³-hybridized carbons (Fsp3) is 0.333. The third kappa shape index (κ3) is 3.95. The Morgan fingerprint density at radius 1 is 1.11 bits per heavy atom. The number of hydrogen-bond acceptors (Lipinski definition) is 6. The second-order valence-corrected chi connectivity index (χ2v) is 7.24. The Hall–Kier alpha value is -2.86. The molecule has 140 valence electrons. The van der Waals surface area contributed by atoms with Gasteiger partial charge in [0.2, 0.25) is 5.89 Å². The van der Waals surface area contributed by atoms with Gasteiger partial charge in [-0.1, -0.05) is 35.4 Å². The highest BCUT2D eigenvalue weighted by Gasteiger charge is 2.32. The molecular weight excluding hydrogens is 340 g/mol. The van der Waals surface area contributed by atoms with Gasteiger partial charge in [0.1, 0.15) is 11.9 Å². The van der Waals surface area contributed by atoms with Crippen LogP contribution in [0.25, 0.3) is 11.5 Å². The molecule has 0 amide bonds. The van der Waals surface area contributed by atoms with Gasteiger partial charge in [-0.2, -0.15) is 0 Å². The molecule has 3 aromatic rings. The number of aryl methyl sites for hydroxylation is 1. The first kappa shape index (κ1) is 17.5. The summed E-state index contributed by atoms with van der Waals surface area (Å²) < 4.78 is 11.9. The summed E-state index contributed by atoms with van der Waals surface area (Å²) in [5.74, 6) is 1.49. The van der Waals surface area contributed by atoms with Gasteiger partial charge in [-0.3, -0.25) is 0 Å². The van der Waals surface area contributed by atoms with E-state index in [9.17, 15) is 0 Å². The first-order valence-electron chi connectivity index (χ1n) is 9.13. The van der Waals surface area contributed by atoms with Gasteiger partial charge in [-0.05, 0) is 50.3 Å². The lowest BCUT2D eigenvalue weighted by molar-refractivity contribution is 0.161. The van der Waals surface area contributed by atoms with E-state index in [0.717, 1.165) is 36.5 Å². The Morgan fingerprint density at radius 3 is 2.59 bits per heavy atom. The molecule has 27 heavy (non-hydrogen) atoms. The number of rotatable bonds is 6. The minimum Gasteiger partial charge on any atom is -0.486 e. The molecule has 0 N–H and O–H groups in total. The maximum Gasteiger partial charge on any atom is 0.318 e. The SMILES string of the molecule is Cc1cc(CN(C)C)ccc1OC1CN(c2nnc(-c3ccccc3)o2)C1. The van der Waals surface area contributed by atoms with Gasteiger partial charge in [0.15, 0.2) is 0 Å². The van der Waals surface area contributed by atoms with Crippen molar-refractivity contribution in [1.82, 2.24) is 15.1 Å². The average Bonchev–Trinajstić information content (AvgIpc) is 3.09. The lowest BCUT2D eigenvalue weighted by Crippen LogP contribution is -2.54. The van der Waals surface area contributed by atoms with Gasteiger partial charge >= 0.3 is 6.01 Å². The van der Waals surface area contributed by atoms with Crippen LogP contribution >= 0.6 is 0 Å². The van der Waals surface area contributed by atoms with E-state index >= 15 is 0 Å². The molecule has 1 saturated heterocycles. The topological polar surface area (TPSA) is 54.6 Å². The largest absolute Gasteiger partial charge is 0.486 e. The van der Waals surface area contributed by atoms with E-state index in [0.29, 0.717) is 11.9 Å². The number of anilines is 1. The fourth-order valence-corrected chi connectivity index (χ4v) is 3.20. The quantitative estimate of drug-likeness (QED) is 0.668. The van der Waals surface area contributed by atoms with Crippen LogP contribution < -0.4 is 9.64 Å². The van der Waals surface area contributed by atoms with Crippen LogP contribution in [-0.4, -0.2) is 48.4 Å². The van der Waals surface area contributed by atoms with Crippen LogP contribution in [0.1, 0.15) is 11.1 Å². The van der Waals surface area contributed by atoms with Crippen LogP contribution in [0.3, 0.4) is 0 Å². The maximum atomic E-state index is 6.14.